The third-order valence-corrected chi connectivity index (χ3v) is 0. The second-order valence-corrected chi connectivity index (χ2v) is 6.68. The molecule has 0 aromatic heterocycles. The minimum absolute atomic E-state index is 0. The van der Waals surface area contributed by atoms with Gasteiger partial charge in [0.25, 0.3) is 0 Å². The van der Waals surface area contributed by atoms with Gasteiger partial charge in [0.1, 0.15) is 0 Å². The molecule has 0 saturated heterocycles. The van der Waals surface area contributed by atoms with Gasteiger partial charge in [-0.3, -0.25) is 0 Å². The zero-order valence-electron chi connectivity index (χ0n) is 4.73. The van der Waals surface area contributed by atoms with E-state index in [1.165, 1.54) is 0 Å². The van der Waals surface area contributed by atoms with Crippen LogP contribution in [0.25, 0.3) is 0 Å². The van der Waals surface area contributed by atoms with Gasteiger partial charge in [-0.1, -0.05) is 0 Å². The van der Waals surface area contributed by atoms with Crippen LogP contribution in [-0.2, 0) is 80.4 Å². The Balaban J connectivity index is -0.0000000457. The van der Waals surface area contributed by atoms with Gasteiger partial charge < -0.3 is 0 Å². The van der Waals surface area contributed by atoms with Gasteiger partial charge in [-0.15, -0.1) is 0 Å². The summed E-state index contributed by atoms with van der Waals surface area (Å²) >= 11 is -12.3. The van der Waals surface area contributed by atoms with E-state index in [1.807, 2.05) is 0 Å². The molecule has 0 aromatic carbocycles. The summed E-state index contributed by atoms with van der Waals surface area (Å²) in [6.07, 6.45) is 0. The molecule has 8 nitrogen and oxygen atoms in total. The molecule has 12 heteroatoms. The summed E-state index contributed by atoms with van der Waals surface area (Å²) in [5.41, 5.74) is 0. The van der Waals surface area contributed by atoms with Crippen LogP contribution in [0.1, 0.15) is 0 Å². The maximum atomic E-state index is 8.65. The van der Waals surface area contributed by atoms with E-state index in [-0.39, 0.29) is 33.3 Å². The number of rotatable bonds is 0. The van der Waals surface area contributed by atoms with Crippen molar-refractivity contribution in [3.63, 3.8) is 0 Å². The summed E-state index contributed by atoms with van der Waals surface area (Å²) in [6.45, 7) is 0. The van der Waals surface area contributed by atoms with E-state index in [1.54, 1.807) is 0 Å². The Labute approximate surface area is 94.5 Å². The van der Waals surface area contributed by atoms with Gasteiger partial charge in [0, 0.05) is 0 Å². The third kappa shape index (κ3) is 617. The van der Waals surface area contributed by atoms with Crippen LogP contribution in [0, 0.1) is 0 Å². The molecule has 0 rings (SSSR count). The van der Waals surface area contributed by atoms with E-state index in [2.05, 4.69) is 0 Å². The summed E-state index contributed by atoms with van der Waals surface area (Å²) in [6, 6.07) is 0. The van der Waals surface area contributed by atoms with Crippen molar-refractivity contribution in [2.24, 2.45) is 0 Å². The van der Waals surface area contributed by atoms with Crippen LogP contribution >= 0.6 is 0 Å². The third-order valence-electron chi connectivity index (χ3n) is 0. The first-order valence-corrected chi connectivity index (χ1v) is 10.9. The molecule has 0 N–H and O–H groups in total. The molecule has 12 heavy (non-hydrogen) atoms. The Kier molecular flexibility index (Phi) is 17.5. The van der Waals surface area contributed by atoms with Crippen LogP contribution in [0.4, 0.5) is 0 Å². The molecule has 0 aliphatic rings. The molecule has 0 saturated carbocycles. The van der Waals surface area contributed by atoms with Gasteiger partial charge >= 0.3 is 95.4 Å². The Morgan fingerprint density at radius 1 is 0.667 bits per heavy atom. The Hall–Kier alpha value is 1.42. The Bertz CT molecular complexity index is 213. The van der Waals surface area contributed by atoms with Crippen LogP contribution in [0.3, 0.4) is 0 Å². The fourth-order valence-electron chi connectivity index (χ4n) is 0. The van der Waals surface area contributed by atoms with Crippen molar-refractivity contribution in [1.29, 1.82) is 0 Å². The summed E-state index contributed by atoms with van der Waals surface area (Å²) in [5, 5.41) is 0. The normalized spacial score (nSPS) is 9.67. The first kappa shape index (κ1) is 23.3. The van der Waals surface area contributed by atoms with E-state index >= 15 is 0 Å². The van der Waals surface area contributed by atoms with Crippen molar-refractivity contribution < 1.29 is 95.4 Å². The monoisotopic (exact) mass is 613 g/mol. The second-order valence-electron chi connectivity index (χ2n) is 0.816. The molecule has 0 atom stereocenters. The molecule has 79 valence electrons. The average Bonchev–Trinajstić information content (AvgIpc) is 1.12. The standard InChI is InChI=1S/Co.Ni.8O.2W/q2*+2;;;;;4*-1;;. The van der Waals surface area contributed by atoms with Crippen molar-refractivity contribution in [2.45, 2.75) is 0 Å². The quantitative estimate of drug-likeness (QED) is 0.245. The molecule has 0 aliphatic carbocycles. The molecule has 0 aliphatic heterocycles. The number of hydrogen-bond acceptors (Lipinski definition) is 8. The fourth-order valence-corrected chi connectivity index (χ4v) is 0. The molecule has 1 radical (unpaired) electrons. The van der Waals surface area contributed by atoms with Crippen molar-refractivity contribution in [1.82, 2.24) is 0 Å². The molecule has 0 heterocycles. The van der Waals surface area contributed by atoms with E-state index in [0.29, 0.717) is 0 Å². The van der Waals surface area contributed by atoms with Gasteiger partial charge in [0.2, 0.25) is 0 Å². The molecule has 0 bridgehead atoms. The molecule has 0 aromatic rings. The van der Waals surface area contributed by atoms with Crippen LogP contribution in [0.2, 0.25) is 0 Å². The van der Waals surface area contributed by atoms with Crippen LogP contribution in [0.5, 0.6) is 0 Å². The Morgan fingerprint density at radius 2 is 0.667 bits per heavy atom. The fraction of sp³-hybridized carbons (Fsp3) is 0. The maximum absolute atomic E-state index is 8.65. The predicted molar refractivity (Wildman–Crippen MR) is 2.75 cm³/mol. The van der Waals surface area contributed by atoms with Crippen molar-refractivity contribution in [3.05, 3.63) is 0 Å². The molecule has 0 amide bonds. The SMILES string of the molecule is [Co+2].[Ni+2].[O]=[W](=[O])([O-])[O-].[O]=[W](=[O])([O-])[O-]. The molecule has 0 unspecified atom stereocenters. The second kappa shape index (κ2) is 8.99. The zero-order chi connectivity index (χ0) is 9.00. The van der Waals surface area contributed by atoms with Crippen LogP contribution in [-0.4, -0.2) is 0 Å². The van der Waals surface area contributed by atoms with Crippen LogP contribution < -0.4 is 15.0 Å². The minimum atomic E-state index is -6.17. The van der Waals surface area contributed by atoms with Crippen molar-refractivity contribution in [3.8, 4) is 0 Å². The Morgan fingerprint density at radius 3 is 0.667 bits per heavy atom. The summed E-state index contributed by atoms with van der Waals surface area (Å²) in [7, 11) is 0. The van der Waals surface area contributed by atoms with E-state index in [9.17, 15) is 0 Å². The van der Waals surface area contributed by atoms with E-state index < -0.39 is 33.5 Å². The van der Waals surface area contributed by atoms with Crippen molar-refractivity contribution in [2.75, 3.05) is 0 Å². The van der Waals surface area contributed by atoms with Crippen LogP contribution in [0.15, 0.2) is 0 Å². The molecule has 0 spiro atoms. The summed E-state index contributed by atoms with van der Waals surface area (Å²) in [4.78, 5) is 0. The molecular weight excluding hydrogens is 613 g/mol. The van der Waals surface area contributed by atoms with Gasteiger partial charge in [-0.25, -0.2) is 0 Å². The molecular formula is CoNiO8W2. The van der Waals surface area contributed by atoms with E-state index in [0.717, 1.165) is 0 Å². The predicted octanol–water partition coefficient (Wildman–Crippen LogP) is -5.24. The zero-order valence-corrected chi connectivity index (χ0v) is 12.6. The topological polar surface area (TPSA) is 161 Å². The van der Waals surface area contributed by atoms with Gasteiger partial charge in [0.15, 0.2) is 0 Å². The van der Waals surface area contributed by atoms with Gasteiger partial charge in [-0.05, 0) is 0 Å². The first-order chi connectivity index (χ1) is 4.00. The average molecular weight is 613 g/mol. The summed E-state index contributed by atoms with van der Waals surface area (Å²) in [5.74, 6) is 0. The van der Waals surface area contributed by atoms with Gasteiger partial charge in [-0.2, -0.15) is 0 Å². The van der Waals surface area contributed by atoms with Gasteiger partial charge in [0.05, 0.1) is 0 Å². The molecule has 0 fully saturated rings. The first-order valence-electron chi connectivity index (χ1n) is 1.33. The van der Waals surface area contributed by atoms with Crippen molar-refractivity contribution >= 4 is 0 Å². The number of hydrogen-bond donors (Lipinski definition) is 0. The summed E-state index contributed by atoms with van der Waals surface area (Å²) < 4.78 is 69.2. The van der Waals surface area contributed by atoms with E-state index in [4.69, 9.17) is 28.6 Å².